The predicted molar refractivity (Wildman–Crippen MR) is 83.6 cm³/mol. The van der Waals surface area contributed by atoms with Crippen molar-refractivity contribution in [1.82, 2.24) is 15.8 Å². The summed E-state index contributed by atoms with van der Waals surface area (Å²) in [4.78, 5) is 25.4. The molecule has 0 aromatic heterocycles. The maximum atomic E-state index is 11.7. The molecule has 0 saturated carbocycles. The van der Waals surface area contributed by atoms with Crippen molar-refractivity contribution in [2.45, 2.75) is 6.42 Å². The predicted octanol–water partition coefficient (Wildman–Crippen LogP) is 0.570. The van der Waals surface area contributed by atoms with Crippen molar-refractivity contribution in [3.8, 4) is 0 Å². The first-order valence-electron chi connectivity index (χ1n) is 7.36. The van der Waals surface area contributed by atoms with Crippen LogP contribution in [0.4, 0.5) is 0 Å². The molecule has 0 aliphatic carbocycles. The molecule has 1 heterocycles. The first-order valence-corrected chi connectivity index (χ1v) is 7.36. The van der Waals surface area contributed by atoms with Gasteiger partial charge in [-0.25, -0.2) is 0 Å². The lowest BCUT2D eigenvalue weighted by Gasteiger charge is -2.26. The summed E-state index contributed by atoms with van der Waals surface area (Å²) in [6, 6.07) is 9.48. The Morgan fingerprint density at radius 1 is 1.14 bits per heavy atom. The molecule has 2 rings (SSSR count). The van der Waals surface area contributed by atoms with Gasteiger partial charge in [0, 0.05) is 32.1 Å². The zero-order chi connectivity index (χ0) is 15.6. The largest absolute Gasteiger partial charge is 0.379 e. The summed E-state index contributed by atoms with van der Waals surface area (Å²) in [7, 11) is 0. The number of carbonyl (C=O) groups excluding carboxylic acids is 2. The molecule has 0 spiro atoms. The fraction of sp³-hybridized carbons (Fsp3) is 0.375. The van der Waals surface area contributed by atoms with Gasteiger partial charge in [-0.1, -0.05) is 30.3 Å². The lowest BCUT2D eigenvalue weighted by Crippen LogP contribution is -2.43. The van der Waals surface area contributed by atoms with Gasteiger partial charge in [-0.05, 0) is 11.6 Å². The SMILES string of the molecule is O=C(C=Cc1ccccc1)NNC(=O)CCN1CCOCC1. The molecule has 6 nitrogen and oxygen atoms in total. The Labute approximate surface area is 130 Å². The van der Waals surface area contributed by atoms with Crippen LogP contribution in [0.15, 0.2) is 36.4 Å². The molecule has 1 fully saturated rings. The van der Waals surface area contributed by atoms with Crippen LogP contribution in [-0.4, -0.2) is 49.6 Å². The number of morpholine rings is 1. The van der Waals surface area contributed by atoms with E-state index in [4.69, 9.17) is 4.74 Å². The molecule has 118 valence electrons. The molecule has 1 aliphatic heterocycles. The van der Waals surface area contributed by atoms with E-state index in [1.807, 2.05) is 30.3 Å². The van der Waals surface area contributed by atoms with Gasteiger partial charge in [-0.2, -0.15) is 0 Å². The fourth-order valence-corrected chi connectivity index (χ4v) is 2.06. The third-order valence-electron chi connectivity index (χ3n) is 3.31. The van der Waals surface area contributed by atoms with E-state index in [9.17, 15) is 9.59 Å². The van der Waals surface area contributed by atoms with Crippen LogP contribution < -0.4 is 10.9 Å². The monoisotopic (exact) mass is 303 g/mol. The van der Waals surface area contributed by atoms with Gasteiger partial charge in [0.15, 0.2) is 0 Å². The topological polar surface area (TPSA) is 70.7 Å². The summed E-state index contributed by atoms with van der Waals surface area (Å²) in [6.07, 6.45) is 3.43. The molecule has 1 aromatic rings. The minimum atomic E-state index is -0.358. The molecule has 1 saturated heterocycles. The van der Waals surface area contributed by atoms with Gasteiger partial charge < -0.3 is 4.74 Å². The molecule has 6 heteroatoms. The van der Waals surface area contributed by atoms with Gasteiger partial charge in [-0.15, -0.1) is 0 Å². The molecule has 0 atom stereocenters. The highest BCUT2D eigenvalue weighted by Crippen LogP contribution is 2.00. The quantitative estimate of drug-likeness (QED) is 0.616. The Hall–Kier alpha value is -2.18. The highest BCUT2D eigenvalue weighted by molar-refractivity contribution is 5.93. The highest BCUT2D eigenvalue weighted by atomic mass is 16.5. The van der Waals surface area contributed by atoms with E-state index in [2.05, 4.69) is 15.8 Å². The Morgan fingerprint density at radius 3 is 2.59 bits per heavy atom. The summed E-state index contributed by atoms with van der Waals surface area (Å²) < 4.78 is 5.24. The molecule has 22 heavy (non-hydrogen) atoms. The van der Waals surface area contributed by atoms with Crippen molar-refractivity contribution in [2.24, 2.45) is 0 Å². The van der Waals surface area contributed by atoms with Crippen molar-refractivity contribution in [1.29, 1.82) is 0 Å². The second-order valence-electron chi connectivity index (χ2n) is 4.99. The molecule has 1 aromatic carbocycles. The van der Waals surface area contributed by atoms with Gasteiger partial charge in [0.05, 0.1) is 13.2 Å². The van der Waals surface area contributed by atoms with E-state index in [-0.39, 0.29) is 11.8 Å². The Bertz CT molecular complexity index is 511. The van der Waals surface area contributed by atoms with Gasteiger partial charge in [0.1, 0.15) is 0 Å². The van der Waals surface area contributed by atoms with E-state index in [1.165, 1.54) is 6.08 Å². The van der Waals surface area contributed by atoms with E-state index in [0.717, 1.165) is 18.7 Å². The van der Waals surface area contributed by atoms with Crippen molar-refractivity contribution in [3.05, 3.63) is 42.0 Å². The third-order valence-corrected chi connectivity index (χ3v) is 3.31. The van der Waals surface area contributed by atoms with Crippen LogP contribution >= 0.6 is 0 Å². The minimum Gasteiger partial charge on any atom is -0.379 e. The number of hydrogen-bond donors (Lipinski definition) is 2. The second kappa shape index (κ2) is 8.96. The summed E-state index contributed by atoms with van der Waals surface area (Å²) in [5, 5.41) is 0. The molecule has 0 unspecified atom stereocenters. The van der Waals surface area contributed by atoms with Crippen molar-refractivity contribution in [3.63, 3.8) is 0 Å². The molecule has 2 N–H and O–H groups in total. The number of carbonyl (C=O) groups is 2. The normalized spacial score (nSPS) is 15.6. The van der Waals surface area contributed by atoms with Gasteiger partial charge in [-0.3, -0.25) is 25.3 Å². The van der Waals surface area contributed by atoms with Crippen molar-refractivity contribution >= 4 is 17.9 Å². The van der Waals surface area contributed by atoms with Crippen LogP contribution in [-0.2, 0) is 14.3 Å². The van der Waals surface area contributed by atoms with Crippen molar-refractivity contribution < 1.29 is 14.3 Å². The van der Waals surface area contributed by atoms with Crippen LogP contribution in [0.1, 0.15) is 12.0 Å². The van der Waals surface area contributed by atoms with Crippen LogP contribution in [0.3, 0.4) is 0 Å². The first kappa shape index (κ1) is 16.2. The van der Waals surface area contributed by atoms with E-state index in [0.29, 0.717) is 26.2 Å². The highest BCUT2D eigenvalue weighted by Gasteiger charge is 2.11. The molecular weight excluding hydrogens is 282 g/mol. The van der Waals surface area contributed by atoms with E-state index in [1.54, 1.807) is 6.08 Å². The molecule has 2 amide bonds. The third kappa shape index (κ3) is 6.07. The van der Waals surface area contributed by atoms with Crippen LogP contribution in [0.5, 0.6) is 0 Å². The summed E-state index contributed by atoms with van der Waals surface area (Å²) >= 11 is 0. The fourth-order valence-electron chi connectivity index (χ4n) is 2.06. The number of ether oxygens (including phenoxy) is 1. The lowest BCUT2D eigenvalue weighted by atomic mass is 10.2. The van der Waals surface area contributed by atoms with Crippen LogP contribution in [0, 0.1) is 0 Å². The number of rotatable bonds is 5. The number of nitrogens with zero attached hydrogens (tertiary/aromatic N) is 1. The molecule has 1 aliphatic rings. The minimum absolute atomic E-state index is 0.201. The zero-order valence-electron chi connectivity index (χ0n) is 12.5. The number of benzene rings is 1. The zero-order valence-corrected chi connectivity index (χ0v) is 12.5. The standard InChI is InChI=1S/C16H21N3O3/c20-15(7-6-14-4-2-1-3-5-14)17-18-16(21)8-9-19-10-12-22-13-11-19/h1-7H,8-13H2,(H,17,20)(H,18,21). The average Bonchev–Trinajstić information content (AvgIpc) is 2.58. The van der Waals surface area contributed by atoms with Gasteiger partial charge in [0.2, 0.25) is 5.91 Å². The van der Waals surface area contributed by atoms with Crippen LogP contribution in [0.25, 0.3) is 6.08 Å². The summed E-state index contributed by atoms with van der Waals surface area (Å²) in [5.74, 6) is -0.559. The maximum absolute atomic E-state index is 11.7. The number of amides is 2. The van der Waals surface area contributed by atoms with E-state index >= 15 is 0 Å². The smallest absolute Gasteiger partial charge is 0.262 e. The second-order valence-corrected chi connectivity index (χ2v) is 4.99. The van der Waals surface area contributed by atoms with Gasteiger partial charge >= 0.3 is 0 Å². The van der Waals surface area contributed by atoms with E-state index < -0.39 is 0 Å². The number of nitrogens with one attached hydrogen (secondary N) is 2. The molecular formula is C16H21N3O3. The molecule has 0 radical (unpaired) electrons. The number of hydrazine groups is 1. The Kier molecular flexibility index (Phi) is 6.60. The maximum Gasteiger partial charge on any atom is 0.262 e. The van der Waals surface area contributed by atoms with Gasteiger partial charge in [0.25, 0.3) is 5.91 Å². The summed E-state index contributed by atoms with van der Waals surface area (Å²) in [5.41, 5.74) is 5.71. The van der Waals surface area contributed by atoms with Crippen molar-refractivity contribution in [2.75, 3.05) is 32.8 Å². The first-order chi connectivity index (χ1) is 10.7. The lowest BCUT2D eigenvalue weighted by molar-refractivity contribution is -0.127. The van der Waals surface area contributed by atoms with Crippen LogP contribution in [0.2, 0.25) is 0 Å². The average molecular weight is 303 g/mol. The Balaban J connectivity index is 1.63. The summed E-state index contributed by atoms with van der Waals surface area (Å²) in [6.45, 7) is 3.79. The number of hydrogen-bond acceptors (Lipinski definition) is 4. The molecule has 0 bridgehead atoms. The Morgan fingerprint density at radius 2 is 1.86 bits per heavy atom.